The van der Waals surface area contributed by atoms with Crippen LogP contribution in [0.3, 0.4) is 0 Å². The summed E-state index contributed by atoms with van der Waals surface area (Å²) >= 11 is 1.58. The number of ether oxygens (including phenoxy) is 1. The Balaban J connectivity index is 1.83. The van der Waals surface area contributed by atoms with E-state index in [2.05, 4.69) is 15.3 Å². The van der Waals surface area contributed by atoms with Gasteiger partial charge in [0.15, 0.2) is 0 Å². The van der Waals surface area contributed by atoms with Crippen molar-refractivity contribution >= 4 is 22.1 Å². The third-order valence-electron chi connectivity index (χ3n) is 3.75. The highest BCUT2D eigenvalue weighted by Crippen LogP contribution is 2.41. The van der Waals surface area contributed by atoms with Gasteiger partial charge in [-0.25, -0.2) is 9.97 Å². The average Bonchev–Trinajstić information content (AvgIpc) is 3.24. The smallest absolute Gasteiger partial charge is 0.219 e. The first-order valence-corrected chi connectivity index (χ1v) is 7.76. The molecular formula is C16H14N2O2S. The van der Waals surface area contributed by atoms with E-state index in [9.17, 15) is 5.11 Å². The maximum atomic E-state index is 10.1. The number of aromatic nitrogens is 2. The molecule has 0 aliphatic heterocycles. The predicted octanol–water partition coefficient (Wildman–Crippen LogP) is 3.95. The van der Waals surface area contributed by atoms with Crippen molar-refractivity contribution in [3.8, 4) is 22.3 Å². The van der Waals surface area contributed by atoms with Crippen LogP contribution in [-0.2, 0) is 0 Å². The lowest BCUT2D eigenvalue weighted by Crippen LogP contribution is -1.88. The number of hydrogen-bond acceptors (Lipinski definition) is 5. The van der Waals surface area contributed by atoms with Crippen LogP contribution in [-0.4, -0.2) is 22.2 Å². The molecule has 0 spiro atoms. The quantitative estimate of drug-likeness (QED) is 0.795. The van der Waals surface area contributed by atoms with Crippen molar-refractivity contribution in [2.24, 2.45) is 0 Å². The van der Waals surface area contributed by atoms with Crippen LogP contribution in [0.4, 0.5) is 0 Å². The minimum atomic E-state index is 0.0355. The van der Waals surface area contributed by atoms with E-state index in [1.165, 1.54) is 12.8 Å². The van der Waals surface area contributed by atoms with Gasteiger partial charge in [0.2, 0.25) is 5.88 Å². The normalized spacial score (nSPS) is 14.5. The Morgan fingerprint density at radius 2 is 2.10 bits per heavy atom. The molecule has 1 saturated carbocycles. The van der Waals surface area contributed by atoms with Crippen LogP contribution in [0.5, 0.6) is 11.6 Å². The zero-order valence-corrected chi connectivity index (χ0v) is 12.4. The Bertz CT molecular complexity index is 824. The molecule has 4 rings (SSSR count). The van der Waals surface area contributed by atoms with Gasteiger partial charge >= 0.3 is 0 Å². The molecule has 1 fully saturated rings. The lowest BCUT2D eigenvalue weighted by molar-refractivity contribution is 0.415. The highest BCUT2D eigenvalue weighted by molar-refractivity contribution is 7.13. The Hall–Kier alpha value is -2.14. The summed E-state index contributed by atoms with van der Waals surface area (Å²) in [6, 6.07) is 7.48. The Labute approximate surface area is 126 Å². The highest BCUT2D eigenvalue weighted by atomic mass is 32.1. The molecule has 2 heterocycles. The Morgan fingerprint density at radius 3 is 2.86 bits per heavy atom. The standard InChI is InChI=1S/C16H14N2O2S/c1-20-11-4-5-12-10(6-11)7-13(17-15(12)19)16-18-14(8-21-16)9-2-3-9/h4-9H,2-3H2,1H3,(H,17,19). The maximum Gasteiger partial charge on any atom is 0.219 e. The third-order valence-corrected chi connectivity index (χ3v) is 4.64. The second-order valence-electron chi connectivity index (χ2n) is 5.27. The van der Waals surface area contributed by atoms with Crippen molar-refractivity contribution in [3.05, 3.63) is 35.3 Å². The molecule has 106 valence electrons. The molecule has 4 nitrogen and oxygen atoms in total. The highest BCUT2D eigenvalue weighted by Gasteiger charge is 2.26. The molecular weight excluding hydrogens is 284 g/mol. The molecule has 0 saturated heterocycles. The van der Waals surface area contributed by atoms with E-state index < -0.39 is 0 Å². The van der Waals surface area contributed by atoms with E-state index in [1.807, 2.05) is 24.3 Å². The number of methoxy groups -OCH3 is 1. The SMILES string of the molecule is COc1ccc2c(O)nc(-c3nc(C4CC4)cs3)cc2c1. The molecule has 0 unspecified atom stereocenters. The molecule has 3 aromatic rings. The van der Waals surface area contributed by atoms with Crippen LogP contribution >= 0.6 is 11.3 Å². The van der Waals surface area contributed by atoms with Gasteiger partial charge in [-0.3, -0.25) is 0 Å². The monoisotopic (exact) mass is 298 g/mol. The number of fused-ring (bicyclic) bond motifs is 1. The zero-order valence-electron chi connectivity index (χ0n) is 11.5. The maximum absolute atomic E-state index is 10.1. The van der Waals surface area contributed by atoms with E-state index in [0.717, 1.165) is 27.2 Å². The molecule has 1 aromatic carbocycles. The van der Waals surface area contributed by atoms with E-state index >= 15 is 0 Å². The topological polar surface area (TPSA) is 55.2 Å². The van der Waals surface area contributed by atoms with E-state index in [-0.39, 0.29) is 5.88 Å². The van der Waals surface area contributed by atoms with Crippen LogP contribution < -0.4 is 4.74 Å². The number of rotatable bonds is 3. The number of hydrogen-bond donors (Lipinski definition) is 1. The van der Waals surface area contributed by atoms with Gasteiger partial charge in [-0.2, -0.15) is 0 Å². The minimum Gasteiger partial charge on any atom is -0.497 e. The predicted molar refractivity (Wildman–Crippen MR) is 83.0 cm³/mol. The van der Waals surface area contributed by atoms with Crippen LogP contribution in [0.2, 0.25) is 0 Å². The Morgan fingerprint density at radius 1 is 1.24 bits per heavy atom. The summed E-state index contributed by atoms with van der Waals surface area (Å²) in [5.41, 5.74) is 1.87. The van der Waals surface area contributed by atoms with Gasteiger partial charge in [0.25, 0.3) is 0 Å². The van der Waals surface area contributed by atoms with Crippen LogP contribution in [0.1, 0.15) is 24.5 Å². The molecule has 1 N–H and O–H groups in total. The molecule has 1 aliphatic carbocycles. The fraction of sp³-hybridized carbons (Fsp3) is 0.250. The van der Waals surface area contributed by atoms with Crippen LogP contribution in [0.25, 0.3) is 21.5 Å². The van der Waals surface area contributed by atoms with Gasteiger partial charge < -0.3 is 9.84 Å². The first kappa shape index (κ1) is 12.6. The van der Waals surface area contributed by atoms with Crippen molar-refractivity contribution in [3.63, 3.8) is 0 Å². The third kappa shape index (κ3) is 2.23. The van der Waals surface area contributed by atoms with Gasteiger partial charge in [-0.05, 0) is 42.5 Å². The van der Waals surface area contributed by atoms with Crippen molar-refractivity contribution in [1.82, 2.24) is 9.97 Å². The molecule has 0 atom stereocenters. The van der Waals surface area contributed by atoms with Crippen LogP contribution in [0, 0.1) is 0 Å². The average molecular weight is 298 g/mol. The van der Waals surface area contributed by atoms with Gasteiger partial charge in [-0.1, -0.05) is 0 Å². The first-order chi connectivity index (χ1) is 10.2. The molecule has 1 aliphatic rings. The molecule has 5 heteroatoms. The first-order valence-electron chi connectivity index (χ1n) is 6.88. The van der Waals surface area contributed by atoms with E-state index in [4.69, 9.17) is 4.74 Å². The summed E-state index contributed by atoms with van der Waals surface area (Å²) in [7, 11) is 1.63. The van der Waals surface area contributed by atoms with Crippen LogP contribution in [0.15, 0.2) is 29.6 Å². The molecule has 0 radical (unpaired) electrons. The minimum absolute atomic E-state index is 0.0355. The number of pyridine rings is 1. The Kier molecular flexibility index (Phi) is 2.82. The second kappa shape index (κ2) is 4.70. The summed E-state index contributed by atoms with van der Waals surface area (Å²) in [5, 5.41) is 14.7. The summed E-state index contributed by atoms with van der Waals surface area (Å²) in [6.45, 7) is 0. The van der Waals surface area contributed by atoms with E-state index in [1.54, 1.807) is 18.4 Å². The number of nitrogens with zero attached hydrogens (tertiary/aromatic N) is 2. The molecule has 0 bridgehead atoms. The van der Waals surface area contributed by atoms with Gasteiger partial charge in [-0.15, -0.1) is 11.3 Å². The van der Waals surface area contributed by atoms with Crippen molar-refractivity contribution in [2.45, 2.75) is 18.8 Å². The zero-order chi connectivity index (χ0) is 14.4. The van der Waals surface area contributed by atoms with Gasteiger partial charge in [0.05, 0.1) is 12.8 Å². The second-order valence-corrected chi connectivity index (χ2v) is 6.13. The van der Waals surface area contributed by atoms with Gasteiger partial charge in [0.1, 0.15) is 16.5 Å². The number of benzene rings is 1. The lowest BCUT2D eigenvalue weighted by Gasteiger charge is -2.05. The molecule has 2 aromatic heterocycles. The molecule has 0 amide bonds. The molecule has 21 heavy (non-hydrogen) atoms. The summed E-state index contributed by atoms with van der Waals surface area (Å²) in [4.78, 5) is 8.93. The van der Waals surface area contributed by atoms with Gasteiger partial charge in [0, 0.05) is 16.7 Å². The lowest BCUT2D eigenvalue weighted by atomic mass is 10.1. The van der Waals surface area contributed by atoms with E-state index in [0.29, 0.717) is 11.6 Å². The fourth-order valence-corrected chi connectivity index (χ4v) is 3.29. The van der Waals surface area contributed by atoms with Crippen molar-refractivity contribution < 1.29 is 9.84 Å². The van der Waals surface area contributed by atoms with Crippen molar-refractivity contribution in [2.75, 3.05) is 7.11 Å². The van der Waals surface area contributed by atoms with Crippen molar-refractivity contribution in [1.29, 1.82) is 0 Å². The number of aromatic hydroxyl groups is 1. The number of thiazole rings is 1. The summed E-state index contributed by atoms with van der Waals surface area (Å²) in [5.74, 6) is 1.43. The largest absolute Gasteiger partial charge is 0.497 e. The fourth-order valence-electron chi connectivity index (χ4n) is 2.42. The summed E-state index contributed by atoms with van der Waals surface area (Å²) < 4.78 is 5.24. The summed E-state index contributed by atoms with van der Waals surface area (Å²) in [6.07, 6.45) is 2.47.